The summed E-state index contributed by atoms with van der Waals surface area (Å²) >= 11 is 0. The molecule has 0 aromatic heterocycles. The molecule has 0 aromatic rings. The van der Waals surface area contributed by atoms with Crippen LogP contribution in [0.2, 0.25) is 0 Å². The van der Waals surface area contributed by atoms with Gasteiger partial charge in [-0.05, 0) is 12.3 Å². The number of hydrogen-bond donors (Lipinski definition) is 3. The minimum Gasteiger partial charge on any atom is -0.480 e. The molecule has 0 aromatic carbocycles. The fraction of sp³-hybridized carbons (Fsp3) is 0.727. The number of piperidine rings is 1. The molecule has 6 heteroatoms. The summed E-state index contributed by atoms with van der Waals surface area (Å²) in [6.07, 6.45) is 0.791. The molecule has 96 valence electrons. The van der Waals surface area contributed by atoms with Crippen LogP contribution in [0.4, 0.5) is 0 Å². The molecule has 0 aliphatic carbocycles. The van der Waals surface area contributed by atoms with E-state index in [1.165, 1.54) is 0 Å². The van der Waals surface area contributed by atoms with Gasteiger partial charge in [0.2, 0.25) is 11.8 Å². The van der Waals surface area contributed by atoms with Gasteiger partial charge >= 0.3 is 5.97 Å². The van der Waals surface area contributed by atoms with E-state index in [1.807, 2.05) is 0 Å². The lowest BCUT2D eigenvalue weighted by Gasteiger charge is -2.25. The van der Waals surface area contributed by atoms with Crippen LogP contribution >= 0.6 is 0 Å². The number of hydrogen-bond acceptors (Lipinski definition) is 3. The van der Waals surface area contributed by atoms with Crippen LogP contribution in [0.25, 0.3) is 0 Å². The van der Waals surface area contributed by atoms with Gasteiger partial charge < -0.3 is 15.7 Å². The van der Waals surface area contributed by atoms with Gasteiger partial charge in [-0.15, -0.1) is 0 Å². The van der Waals surface area contributed by atoms with Crippen molar-refractivity contribution < 1.29 is 19.5 Å². The van der Waals surface area contributed by atoms with E-state index >= 15 is 0 Å². The van der Waals surface area contributed by atoms with Crippen molar-refractivity contribution in [2.75, 3.05) is 6.54 Å². The summed E-state index contributed by atoms with van der Waals surface area (Å²) in [6.45, 7) is 3.76. The highest BCUT2D eigenvalue weighted by molar-refractivity contribution is 5.87. The van der Waals surface area contributed by atoms with Crippen molar-refractivity contribution in [1.82, 2.24) is 10.6 Å². The fourth-order valence-electron chi connectivity index (χ4n) is 1.74. The van der Waals surface area contributed by atoms with Crippen molar-refractivity contribution in [1.29, 1.82) is 0 Å². The predicted molar refractivity (Wildman–Crippen MR) is 60.1 cm³/mol. The molecule has 1 aliphatic rings. The summed E-state index contributed by atoms with van der Waals surface area (Å²) in [6, 6.07) is -0.875. The standard InChI is InChI=1S/C11H18N2O4/c1-6(2)9(11(16)17)13-10(15)7-3-4-8(14)12-5-7/h6-7,9H,3-5H2,1-2H3,(H,12,14)(H,13,15)(H,16,17)/t7-,9+/m1/s1. The Kier molecular flexibility index (Phi) is 4.48. The number of carbonyl (C=O) groups excluding carboxylic acids is 2. The first-order valence-corrected chi connectivity index (χ1v) is 5.71. The first-order valence-electron chi connectivity index (χ1n) is 5.71. The van der Waals surface area contributed by atoms with Crippen molar-refractivity contribution in [2.24, 2.45) is 11.8 Å². The Balaban J connectivity index is 2.53. The summed E-state index contributed by atoms with van der Waals surface area (Å²) in [4.78, 5) is 33.7. The van der Waals surface area contributed by atoms with Gasteiger partial charge in [0.1, 0.15) is 6.04 Å². The SMILES string of the molecule is CC(C)[C@H](NC(=O)[C@@H]1CCC(=O)NC1)C(=O)O. The molecule has 2 atom stereocenters. The molecule has 1 heterocycles. The van der Waals surface area contributed by atoms with E-state index in [1.54, 1.807) is 13.8 Å². The Bertz CT molecular complexity index is 317. The van der Waals surface area contributed by atoms with Crippen molar-refractivity contribution in [3.8, 4) is 0 Å². The number of carbonyl (C=O) groups is 3. The maximum Gasteiger partial charge on any atom is 0.326 e. The molecule has 1 saturated heterocycles. The lowest BCUT2D eigenvalue weighted by atomic mass is 9.96. The Morgan fingerprint density at radius 3 is 2.53 bits per heavy atom. The maximum atomic E-state index is 11.8. The van der Waals surface area contributed by atoms with E-state index in [0.717, 1.165) is 0 Å². The molecule has 3 N–H and O–H groups in total. The lowest BCUT2D eigenvalue weighted by molar-refractivity contribution is -0.144. The van der Waals surface area contributed by atoms with E-state index in [9.17, 15) is 14.4 Å². The summed E-state index contributed by atoms with van der Waals surface area (Å²) in [5.41, 5.74) is 0. The zero-order valence-corrected chi connectivity index (χ0v) is 10.0. The van der Waals surface area contributed by atoms with Crippen LogP contribution in [0.15, 0.2) is 0 Å². The molecular weight excluding hydrogens is 224 g/mol. The van der Waals surface area contributed by atoms with E-state index < -0.39 is 12.0 Å². The predicted octanol–water partition coefficient (Wildman–Crippen LogP) is -0.262. The minimum atomic E-state index is -1.03. The third-order valence-corrected chi connectivity index (χ3v) is 2.87. The van der Waals surface area contributed by atoms with E-state index in [-0.39, 0.29) is 30.2 Å². The van der Waals surface area contributed by atoms with Gasteiger partial charge in [-0.1, -0.05) is 13.8 Å². The third kappa shape index (κ3) is 3.72. The highest BCUT2D eigenvalue weighted by atomic mass is 16.4. The van der Waals surface area contributed by atoms with Crippen molar-refractivity contribution in [3.05, 3.63) is 0 Å². The average Bonchev–Trinajstić information content (AvgIpc) is 2.25. The monoisotopic (exact) mass is 242 g/mol. The number of carboxylic acids is 1. The zero-order chi connectivity index (χ0) is 13.0. The quantitative estimate of drug-likeness (QED) is 0.632. The number of rotatable bonds is 4. The molecule has 1 rings (SSSR count). The fourth-order valence-corrected chi connectivity index (χ4v) is 1.74. The maximum absolute atomic E-state index is 11.8. The Morgan fingerprint density at radius 2 is 2.12 bits per heavy atom. The van der Waals surface area contributed by atoms with Gasteiger partial charge in [-0.3, -0.25) is 9.59 Å². The largest absolute Gasteiger partial charge is 0.480 e. The third-order valence-electron chi connectivity index (χ3n) is 2.87. The van der Waals surface area contributed by atoms with Gasteiger partial charge in [0.25, 0.3) is 0 Å². The summed E-state index contributed by atoms with van der Waals surface area (Å²) in [5.74, 6) is -1.89. The second-order valence-electron chi connectivity index (χ2n) is 4.61. The Hall–Kier alpha value is -1.59. The van der Waals surface area contributed by atoms with Crippen LogP contribution in [-0.2, 0) is 14.4 Å². The van der Waals surface area contributed by atoms with E-state index in [4.69, 9.17) is 5.11 Å². The van der Waals surface area contributed by atoms with Crippen molar-refractivity contribution in [2.45, 2.75) is 32.7 Å². The summed E-state index contributed by atoms with van der Waals surface area (Å²) in [7, 11) is 0. The lowest BCUT2D eigenvalue weighted by Crippen LogP contribution is -2.50. The molecule has 0 spiro atoms. The van der Waals surface area contributed by atoms with Crippen LogP contribution in [0.1, 0.15) is 26.7 Å². The van der Waals surface area contributed by atoms with Gasteiger partial charge in [-0.2, -0.15) is 0 Å². The Labute approximate surface area is 99.8 Å². The topological polar surface area (TPSA) is 95.5 Å². The zero-order valence-electron chi connectivity index (χ0n) is 10.0. The van der Waals surface area contributed by atoms with Gasteiger partial charge in [0.05, 0.1) is 5.92 Å². The van der Waals surface area contributed by atoms with Crippen LogP contribution in [0, 0.1) is 11.8 Å². The van der Waals surface area contributed by atoms with Gasteiger partial charge in [0.15, 0.2) is 0 Å². The molecule has 6 nitrogen and oxygen atoms in total. The van der Waals surface area contributed by atoms with Crippen LogP contribution < -0.4 is 10.6 Å². The summed E-state index contributed by atoms with van der Waals surface area (Å²) < 4.78 is 0. The first-order chi connectivity index (χ1) is 7.91. The molecular formula is C11H18N2O4. The first kappa shape index (κ1) is 13.5. The number of amides is 2. The molecule has 0 bridgehead atoms. The van der Waals surface area contributed by atoms with Crippen LogP contribution in [0.5, 0.6) is 0 Å². The van der Waals surface area contributed by atoms with Crippen LogP contribution in [0.3, 0.4) is 0 Å². The van der Waals surface area contributed by atoms with E-state index in [0.29, 0.717) is 12.8 Å². The van der Waals surface area contributed by atoms with Crippen molar-refractivity contribution >= 4 is 17.8 Å². The van der Waals surface area contributed by atoms with Crippen molar-refractivity contribution in [3.63, 3.8) is 0 Å². The second kappa shape index (κ2) is 5.65. The second-order valence-corrected chi connectivity index (χ2v) is 4.61. The molecule has 1 aliphatic heterocycles. The average molecular weight is 242 g/mol. The summed E-state index contributed by atoms with van der Waals surface area (Å²) in [5, 5.41) is 14.1. The number of carboxylic acid groups (broad SMARTS) is 1. The molecule has 0 saturated carbocycles. The highest BCUT2D eigenvalue weighted by Gasteiger charge is 2.29. The highest BCUT2D eigenvalue weighted by Crippen LogP contribution is 2.12. The molecule has 2 amide bonds. The Morgan fingerprint density at radius 1 is 1.47 bits per heavy atom. The van der Waals surface area contributed by atoms with Gasteiger partial charge in [0, 0.05) is 13.0 Å². The number of aliphatic carboxylic acids is 1. The molecule has 17 heavy (non-hydrogen) atoms. The van der Waals surface area contributed by atoms with Gasteiger partial charge in [-0.25, -0.2) is 4.79 Å². The smallest absolute Gasteiger partial charge is 0.326 e. The van der Waals surface area contributed by atoms with E-state index in [2.05, 4.69) is 10.6 Å². The number of nitrogens with one attached hydrogen (secondary N) is 2. The molecule has 0 radical (unpaired) electrons. The minimum absolute atomic E-state index is 0.0623. The molecule has 0 unspecified atom stereocenters. The molecule has 1 fully saturated rings. The van der Waals surface area contributed by atoms with Crippen LogP contribution in [-0.4, -0.2) is 35.5 Å². The normalized spacial score (nSPS) is 21.8.